The van der Waals surface area contributed by atoms with Gasteiger partial charge >= 0.3 is 0 Å². The second-order valence-electron chi connectivity index (χ2n) is 5.56. The van der Waals surface area contributed by atoms with Gasteiger partial charge in [-0.25, -0.2) is 13.1 Å². The fourth-order valence-electron chi connectivity index (χ4n) is 2.18. The Morgan fingerprint density at radius 2 is 2.14 bits per heavy atom. The van der Waals surface area contributed by atoms with E-state index >= 15 is 0 Å². The smallest absolute Gasteiger partial charge is 0.243 e. The predicted molar refractivity (Wildman–Crippen MR) is 86.0 cm³/mol. The molecule has 0 spiro atoms. The van der Waals surface area contributed by atoms with E-state index in [1.165, 1.54) is 6.20 Å². The Hall–Kier alpha value is -0.570. The van der Waals surface area contributed by atoms with Gasteiger partial charge in [0.2, 0.25) is 10.0 Å². The van der Waals surface area contributed by atoms with E-state index in [1.807, 2.05) is 11.8 Å². The molecule has 0 atom stereocenters. The molecular formula is C13H24N4O2S2. The second kappa shape index (κ2) is 7.62. The van der Waals surface area contributed by atoms with Gasteiger partial charge in [-0.2, -0.15) is 16.9 Å². The summed E-state index contributed by atoms with van der Waals surface area (Å²) in [5, 5.41) is 7.41. The van der Waals surface area contributed by atoms with Crippen molar-refractivity contribution in [3.05, 3.63) is 12.4 Å². The number of hydrogen-bond acceptors (Lipinski definition) is 5. The first-order valence-electron chi connectivity index (χ1n) is 7.33. The van der Waals surface area contributed by atoms with Gasteiger partial charge in [-0.3, -0.25) is 4.68 Å². The third-order valence-electron chi connectivity index (χ3n) is 3.36. The van der Waals surface area contributed by atoms with Crippen LogP contribution in [-0.2, 0) is 16.6 Å². The molecule has 21 heavy (non-hydrogen) atoms. The van der Waals surface area contributed by atoms with Crippen molar-refractivity contribution in [2.24, 2.45) is 0 Å². The van der Waals surface area contributed by atoms with Gasteiger partial charge in [-0.1, -0.05) is 13.8 Å². The van der Waals surface area contributed by atoms with Gasteiger partial charge in [-0.05, 0) is 24.3 Å². The summed E-state index contributed by atoms with van der Waals surface area (Å²) in [6.07, 6.45) is 4.82. The number of sulfonamides is 1. The van der Waals surface area contributed by atoms with Crippen molar-refractivity contribution in [3.8, 4) is 0 Å². The summed E-state index contributed by atoms with van der Waals surface area (Å²) in [6.45, 7) is 5.58. The van der Waals surface area contributed by atoms with Crippen LogP contribution in [0.1, 0.15) is 26.7 Å². The highest BCUT2D eigenvalue weighted by Gasteiger charge is 2.23. The molecular weight excluding hydrogens is 308 g/mol. The summed E-state index contributed by atoms with van der Waals surface area (Å²) in [7, 11) is -3.44. The molecule has 0 radical (unpaired) electrons. The fourth-order valence-corrected chi connectivity index (χ4v) is 4.54. The number of nitrogens with one attached hydrogen (secondary N) is 2. The number of aromatic nitrogens is 2. The van der Waals surface area contributed by atoms with Gasteiger partial charge in [0.25, 0.3) is 0 Å². The zero-order valence-corrected chi connectivity index (χ0v) is 14.2. The summed E-state index contributed by atoms with van der Waals surface area (Å²) in [5.74, 6) is 2.04. The minimum Gasteiger partial charge on any atom is -0.313 e. The second-order valence-corrected chi connectivity index (χ2v) is 8.49. The van der Waals surface area contributed by atoms with Gasteiger partial charge in [0.1, 0.15) is 4.90 Å². The third-order valence-corrected chi connectivity index (χ3v) is 5.88. The Morgan fingerprint density at radius 3 is 2.81 bits per heavy atom. The van der Waals surface area contributed by atoms with E-state index < -0.39 is 10.0 Å². The molecule has 0 amide bonds. The molecule has 0 bridgehead atoms. The van der Waals surface area contributed by atoms with Crippen LogP contribution in [0, 0.1) is 0 Å². The van der Waals surface area contributed by atoms with Gasteiger partial charge < -0.3 is 5.32 Å². The largest absolute Gasteiger partial charge is 0.313 e. The Balaban J connectivity index is 1.92. The molecule has 0 aliphatic carbocycles. The lowest BCUT2D eigenvalue weighted by Gasteiger charge is -2.21. The van der Waals surface area contributed by atoms with Crippen molar-refractivity contribution in [1.29, 1.82) is 0 Å². The first-order valence-corrected chi connectivity index (χ1v) is 9.97. The van der Waals surface area contributed by atoms with Crippen molar-refractivity contribution < 1.29 is 8.42 Å². The summed E-state index contributed by atoms with van der Waals surface area (Å²) in [6, 6.07) is 0.469. The number of thioether (sulfide) groups is 1. The minimum absolute atomic E-state index is 0.0576. The standard InChI is InChI=1S/C13H24N4O2S2/c1-11(2)14-5-6-17-10-13(9-15-17)21(18,19)16-12-3-7-20-8-4-12/h9-12,14,16H,3-8H2,1-2H3. The highest BCUT2D eigenvalue weighted by atomic mass is 32.2. The van der Waals surface area contributed by atoms with E-state index in [0.29, 0.717) is 12.6 Å². The predicted octanol–water partition coefficient (Wildman–Crippen LogP) is 1.06. The average Bonchev–Trinajstić information content (AvgIpc) is 2.88. The topological polar surface area (TPSA) is 76.0 Å². The van der Waals surface area contributed by atoms with Crippen LogP contribution in [0.25, 0.3) is 0 Å². The van der Waals surface area contributed by atoms with Crippen molar-refractivity contribution in [2.45, 2.75) is 50.2 Å². The van der Waals surface area contributed by atoms with Crippen LogP contribution in [0.3, 0.4) is 0 Å². The summed E-state index contributed by atoms with van der Waals surface area (Å²) >= 11 is 1.88. The maximum Gasteiger partial charge on any atom is 0.243 e. The van der Waals surface area contributed by atoms with E-state index in [1.54, 1.807) is 10.9 Å². The highest BCUT2D eigenvalue weighted by molar-refractivity contribution is 7.99. The maximum atomic E-state index is 12.3. The zero-order chi connectivity index (χ0) is 15.3. The molecule has 1 aliphatic heterocycles. The van der Waals surface area contributed by atoms with Crippen LogP contribution in [0.5, 0.6) is 0 Å². The number of rotatable bonds is 7. The molecule has 1 aliphatic rings. The van der Waals surface area contributed by atoms with Gasteiger partial charge in [0.15, 0.2) is 0 Å². The Labute approximate surface area is 131 Å². The van der Waals surface area contributed by atoms with Crippen LogP contribution in [0.4, 0.5) is 0 Å². The Bertz CT molecular complexity index is 536. The normalized spacial score (nSPS) is 17.5. The Kier molecular flexibility index (Phi) is 6.09. The van der Waals surface area contributed by atoms with E-state index in [4.69, 9.17) is 0 Å². The molecule has 1 aromatic rings. The monoisotopic (exact) mass is 332 g/mol. The first-order chi connectivity index (χ1) is 9.97. The molecule has 8 heteroatoms. The van der Waals surface area contributed by atoms with Crippen molar-refractivity contribution in [1.82, 2.24) is 19.8 Å². The van der Waals surface area contributed by atoms with E-state index in [2.05, 4.69) is 29.0 Å². The summed E-state index contributed by atoms with van der Waals surface area (Å²) in [5.41, 5.74) is 0. The molecule has 120 valence electrons. The molecule has 6 nitrogen and oxygen atoms in total. The van der Waals surface area contributed by atoms with Crippen LogP contribution in [-0.4, -0.2) is 48.3 Å². The number of hydrogen-bond donors (Lipinski definition) is 2. The minimum atomic E-state index is -3.44. The average molecular weight is 332 g/mol. The molecule has 0 aromatic carbocycles. The SMILES string of the molecule is CC(C)NCCn1cc(S(=O)(=O)NC2CCSCC2)cn1. The van der Waals surface area contributed by atoms with Crippen molar-refractivity contribution >= 4 is 21.8 Å². The lowest BCUT2D eigenvalue weighted by molar-refractivity contribution is 0.514. The van der Waals surface area contributed by atoms with E-state index in [9.17, 15) is 8.42 Å². The van der Waals surface area contributed by atoms with Crippen LogP contribution in [0.2, 0.25) is 0 Å². The van der Waals surface area contributed by atoms with Gasteiger partial charge in [0.05, 0.1) is 12.7 Å². The van der Waals surface area contributed by atoms with E-state index in [-0.39, 0.29) is 10.9 Å². The summed E-state index contributed by atoms with van der Waals surface area (Å²) in [4.78, 5) is 0.255. The molecule has 2 N–H and O–H groups in total. The van der Waals surface area contributed by atoms with Crippen LogP contribution < -0.4 is 10.0 Å². The highest BCUT2D eigenvalue weighted by Crippen LogP contribution is 2.19. The quantitative estimate of drug-likeness (QED) is 0.781. The third kappa shape index (κ3) is 5.28. The Morgan fingerprint density at radius 1 is 1.43 bits per heavy atom. The van der Waals surface area contributed by atoms with Crippen molar-refractivity contribution in [2.75, 3.05) is 18.1 Å². The van der Waals surface area contributed by atoms with Crippen LogP contribution >= 0.6 is 11.8 Å². The lowest BCUT2D eigenvalue weighted by atomic mass is 10.2. The van der Waals surface area contributed by atoms with Crippen molar-refractivity contribution in [3.63, 3.8) is 0 Å². The van der Waals surface area contributed by atoms with Gasteiger partial charge in [0, 0.05) is 24.8 Å². The van der Waals surface area contributed by atoms with Crippen LogP contribution in [0.15, 0.2) is 17.3 Å². The number of nitrogens with zero attached hydrogens (tertiary/aromatic N) is 2. The molecule has 0 unspecified atom stereocenters. The molecule has 2 rings (SSSR count). The zero-order valence-electron chi connectivity index (χ0n) is 12.6. The molecule has 2 heterocycles. The molecule has 1 saturated heterocycles. The lowest BCUT2D eigenvalue weighted by Crippen LogP contribution is -2.37. The van der Waals surface area contributed by atoms with E-state index in [0.717, 1.165) is 30.9 Å². The van der Waals surface area contributed by atoms with Gasteiger partial charge in [-0.15, -0.1) is 0 Å². The summed E-state index contributed by atoms with van der Waals surface area (Å²) < 4.78 is 29.1. The molecule has 1 aromatic heterocycles. The molecule has 0 saturated carbocycles. The first kappa shape index (κ1) is 16.8. The fraction of sp³-hybridized carbons (Fsp3) is 0.769. The molecule has 1 fully saturated rings. The maximum absolute atomic E-state index is 12.3.